The lowest BCUT2D eigenvalue weighted by Crippen LogP contribution is -2.45. The van der Waals surface area contributed by atoms with Gasteiger partial charge < -0.3 is 0 Å². The number of rotatable bonds is 7. The van der Waals surface area contributed by atoms with Crippen molar-refractivity contribution in [1.29, 1.82) is 0 Å². The first-order chi connectivity index (χ1) is 6.99. The lowest BCUT2D eigenvalue weighted by atomic mass is 10.4. The van der Waals surface area contributed by atoms with Crippen molar-refractivity contribution in [3.63, 3.8) is 0 Å². The molecular formula is C12H27Si3. The first kappa shape index (κ1) is 15.7. The highest BCUT2D eigenvalue weighted by molar-refractivity contribution is 7.42. The van der Waals surface area contributed by atoms with E-state index in [0.717, 1.165) is 16.6 Å². The van der Waals surface area contributed by atoms with Crippen LogP contribution in [0.15, 0.2) is 0 Å². The van der Waals surface area contributed by atoms with Gasteiger partial charge in [-0.25, -0.2) is 0 Å². The van der Waals surface area contributed by atoms with Crippen LogP contribution in [0.25, 0.3) is 0 Å². The summed E-state index contributed by atoms with van der Waals surface area (Å²) in [7, 11) is 3.71. The normalized spacial score (nSPS) is 18.2. The second kappa shape index (κ2) is 7.85. The molecule has 0 aliphatic carbocycles. The molecule has 0 amide bonds. The minimum absolute atomic E-state index is 0.175. The monoisotopic (exact) mass is 255 g/mol. The first-order valence-corrected chi connectivity index (χ1v) is 12.2. The summed E-state index contributed by atoms with van der Waals surface area (Å²) in [6.45, 7) is 14.4. The van der Waals surface area contributed by atoms with Gasteiger partial charge >= 0.3 is 0 Å². The zero-order valence-corrected chi connectivity index (χ0v) is 14.4. The summed E-state index contributed by atoms with van der Waals surface area (Å²) in [5.41, 5.74) is 2.89. The molecule has 0 N–H and O–H groups in total. The van der Waals surface area contributed by atoms with Crippen LogP contribution in [-0.2, 0) is 0 Å². The van der Waals surface area contributed by atoms with Crippen molar-refractivity contribution in [2.24, 2.45) is 0 Å². The van der Waals surface area contributed by atoms with Crippen LogP contribution >= 0.6 is 0 Å². The second-order valence-corrected chi connectivity index (χ2v) is 16.0. The molecular weight excluding hydrogens is 228 g/mol. The van der Waals surface area contributed by atoms with Gasteiger partial charge in [0.05, 0.1) is 0 Å². The Morgan fingerprint density at radius 3 is 1.40 bits per heavy atom. The predicted molar refractivity (Wildman–Crippen MR) is 76.4 cm³/mol. The molecule has 3 atom stereocenters. The molecule has 87 valence electrons. The Morgan fingerprint density at radius 1 is 0.800 bits per heavy atom. The van der Waals surface area contributed by atoms with Crippen LogP contribution in [0.5, 0.6) is 0 Å². The highest BCUT2D eigenvalue weighted by Crippen LogP contribution is 2.31. The molecule has 0 aliphatic heterocycles. The van der Waals surface area contributed by atoms with E-state index in [0.29, 0.717) is 0 Å². The third-order valence-electron chi connectivity index (χ3n) is 3.70. The predicted octanol–water partition coefficient (Wildman–Crippen LogP) is 4.12. The Morgan fingerprint density at radius 2 is 1.13 bits per heavy atom. The summed E-state index contributed by atoms with van der Waals surface area (Å²) in [6.07, 6.45) is 4.08. The maximum Gasteiger partial charge on any atom is 0.0402 e. The third kappa shape index (κ3) is 4.57. The van der Waals surface area contributed by atoms with Crippen molar-refractivity contribution >= 4 is 25.9 Å². The van der Waals surface area contributed by atoms with Crippen LogP contribution in [0.2, 0.25) is 16.6 Å². The van der Waals surface area contributed by atoms with Gasteiger partial charge in [0.15, 0.2) is 0 Å². The molecule has 0 aromatic carbocycles. The van der Waals surface area contributed by atoms with E-state index in [4.69, 9.17) is 0 Å². The van der Waals surface area contributed by atoms with Crippen molar-refractivity contribution < 1.29 is 0 Å². The molecule has 0 aromatic heterocycles. The van der Waals surface area contributed by atoms with E-state index in [2.05, 4.69) is 51.3 Å². The van der Waals surface area contributed by atoms with Gasteiger partial charge in [0, 0.05) is 25.9 Å². The summed E-state index contributed by atoms with van der Waals surface area (Å²) in [4.78, 5) is 0. The largest absolute Gasteiger partial charge is 0.0656 e. The molecule has 0 rings (SSSR count). The molecule has 3 unspecified atom stereocenters. The molecule has 0 saturated heterocycles. The average Bonchev–Trinajstić information content (AvgIpc) is 2.27. The SMILES string of the molecule is CCC(C)[Si]([Si])[Si](C(C)CC)C(C)CC. The van der Waals surface area contributed by atoms with Crippen LogP contribution in [0, 0.1) is 0 Å². The molecule has 0 nitrogen and oxygen atoms in total. The van der Waals surface area contributed by atoms with E-state index >= 15 is 0 Å². The minimum atomic E-state index is -0.272. The van der Waals surface area contributed by atoms with Crippen molar-refractivity contribution in [2.45, 2.75) is 77.4 Å². The molecule has 0 spiro atoms. The Bertz CT molecular complexity index is 151. The number of hydrogen-bond donors (Lipinski definition) is 0. The fraction of sp³-hybridized carbons (Fsp3) is 1.00. The smallest absolute Gasteiger partial charge is 0.0402 e. The van der Waals surface area contributed by atoms with Crippen LogP contribution in [-0.4, -0.2) is 25.9 Å². The standard InChI is InChI=1S/C12H27Si3/c1-7-10(4)14(11(5)8-2)15(13)12(6)9-3/h10-12H,7-9H2,1-6H3. The zero-order valence-electron chi connectivity index (χ0n) is 11.4. The minimum Gasteiger partial charge on any atom is -0.0656 e. The van der Waals surface area contributed by atoms with Gasteiger partial charge in [-0.2, -0.15) is 0 Å². The molecule has 0 heterocycles. The van der Waals surface area contributed by atoms with Crippen LogP contribution < -0.4 is 0 Å². The lowest BCUT2D eigenvalue weighted by molar-refractivity contribution is 0.789. The van der Waals surface area contributed by atoms with Gasteiger partial charge in [0.2, 0.25) is 0 Å². The summed E-state index contributed by atoms with van der Waals surface area (Å²) in [5, 5.41) is 0. The zero-order chi connectivity index (χ0) is 12.0. The number of hydrogen-bond acceptors (Lipinski definition) is 0. The van der Waals surface area contributed by atoms with Gasteiger partial charge in [0.1, 0.15) is 0 Å². The second-order valence-electron chi connectivity index (χ2n) is 4.80. The fourth-order valence-corrected chi connectivity index (χ4v) is 17.6. The van der Waals surface area contributed by atoms with Crippen molar-refractivity contribution in [3.05, 3.63) is 0 Å². The average molecular weight is 256 g/mol. The van der Waals surface area contributed by atoms with Crippen molar-refractivity contribution in [2.75, 3.05) is 0 Å². The topological polar surface area (TPSA) is 0 Å². The molecule has 0 aromatic rings. The maximum atomic E-state index is 4.15. The maximum absolute atomic E-state index is 4.15. The molecule has 0 saturated carbocycles. The van der Waals surface area contributed by atoms with E-state index < -0.39 is 0 Å². The Labute approximate surface area is 103 Å². The van der Waals surface area contributed by atoms with Gasteiger partial charge in [-0.1, -0.05) is 77.4 Å². The third-order valence-corrected chi connectivity index (χ3v) is 19.0. The van der Waals surface area contributed by atoms with E-state index in [1.54, 1.807) is 0 Å². The molecule has 5 radical (unpaired) electrons. The highest BCUT2D eigenvalue weighted by Gasteiger charge is 2.32. The van der Waals surface area contributed by atoms with E-state index in [9.17, 15) is 0 Å². The molecule has 0 bridgehead atoms. The first-order valence-electron chi connectivity index (χ1n) is 6.44. The van der Waals surface area contributed by atoms with Crippen molar-refractivity contribution in [3.8, 4) is 0 Å². The molecule has 0 aliphatic rings. The van der Waals surface area contributed by atoms with Gasteiger partial charge in [-0.15, -0.1) is 0 Å². The van der Waals surface area contributed by atoms with Gasteiger partial charge in [-0.05, 0) is 0 Å². The van der Waals surface area contributed by atoms with E-state index in [-0.39, 0.29) is 16.1 Å². The quantitative estimate of drug-likeness (QED) is 0.600. The Balaban J connectivity index is 4.61. The van der Waals surface area contributed by atoms with Gasteiger partial charge in [0.25, 0.3) is 0 Å². The molecule has 0 fully saturated rings. The molecule has 3 heteroatoms. The van der Waals surface area contributed by atoms with E-state index in [1.807, 2.05) is 0 Å². The Kier molecular flexibility index (Phi) is 8.19. The lowest BCUT2D eigenvalue weighted by Gasteiger charge is -2.34. The summed E-state index contributed by atoms with van der Waals surface area (Å²) in [6, 6.07) is 0. The van der Waals surface area contributed by atoms with Gasteiger partial charge in [-0.3, -0.25) is 0 Å². The summed E-state index contributed by atoms with van der Waals surface area (Å²) < 4.78 is 0. The summed E-state index contributed by atoms with van der Waals surface area (Å²) in [5.74, 6) is 0. The summed E-state index contributed by atoms with van der Waals surface area (Å²) >= 11 is 0. The van der Waals surface area contributed by atoms with Crippen LogP contribution in [0.1, 0.15) is 60.8 Å². The van der Waals surface area contributed by atoms with E-state index in [1.165, 1.54) is 19.3 Å². The van der Waals surface area contributed by atoms with Crippen LogP contribution in [0.3, 0.4) is 0 Å². The fourth-order valence-electron chi connectivity index (χ4n) is 1.95. The Hall–Kier alpha value is 0.651. The molecule has 15 heavy (non-hydrogen) atoms. The van der Waals surface area contributed by atoms with Crippen LogP contribution in [0.4, 0.5) is 0 Å². The highest BCUT2D eigenvalue weighted by atomic mass is 29.6. The van der Waals surface area contributed by atoms with Crippen molar-refractivity contribution in [1.82, 2.24) is 0 Å².